The minimum atomic E-state index is -0.439. The van der Waals surface area contributed by atoms with Crippen LogP contribution in [0.25, 0.3) is 0 Å². The number of likely N-dealkylation sites (tertiary alicyclic amines) is 1. The molecule has 2 N–H and O–H groups in total. The van der Waals surface area contributed by atoms with Gasteiger partial charge in [0, 0.05) is 0 Å². The molecule has 0 bridgehead atoms. The zero-order valence-corrected chi connectivity index (χ0v) is 12.7. The maximum Gasteiger partial charge on any atom is 0.322 e. The van der Waals surface area contributed by atoms with E-state index in [0.29, 0.717) is 0 Å². The van der Waals surface area contributed by atoms with E-state index in [9.17, 15) is 4.79 Å². The standard InChI is InChI=1S/C12H24N2O2.2ClH/c1-16-12(15)11(13)7-3-6-10-14-8-4-2-5-9-14;;/h11H,2-10,13H2,1H3;2*1H. The molecule has 1 atom stereocenters. The molecular weight excluding hydrogens is 275 g/mol. The van der Waals surface area contributed by atoms with Crippen molar-refractivity contribution in [3.8, 4) is 0 Å². The topological polar surface area (TPSA) is 55.6 Å². The highest BCUT2D eigenvalue weighted by atomic mass is 35.5. The van der Waals surface area contributed by atoms with Crippen LogP contribution in [0.15, 0.2) is 0 Å². The van der Waals surface area contributed by atoms with E-state index in [-0.39, 0.29) is 30.8 Å². The van der Waals surface area contributed by atoms with Crippen LogP contribution < -0.4 is 5.73 Å². The summed E-state index contributed by atoms with van der Waals surface area (Å²) in [4.78, 5) is 13.6. The van der Waals surface area contributed by atoms with Gasteiger partial charge in [-0.1, -0.05) is 12.8 Å². The van der Waals surface area contributed by atoms with E-state index < -0.39 is 6.04 Å². The van der Waals surface area contributed by atoms with Crippen molar-refractivity contribution in [2.24, 2.45) is 5.73 Å². The molecule has 0 saturated carbocycles. The van der Waals surface area contributed by atoms with Gasteiger partial charge in [0.2, 0.25) is 0 Å². The van der Waals surface area contributed by atoms with Crippen LogP contribution in [-0.2, 0) is 9.53 Å². The predicted octanol–water partition coefficient (Wildman–Crippen LogP) is 1.99. The fourth-order valence-corrected chi connectivity index (χ4v) is 2.15. The van der Waals surface area contributed by atoms with Gasteiger partial charge in [-0.25, -0.2) is 0 Å². The molecule has 0 radical (unpaired) electrons. The molecule has 0 aromatic heterocycles. The van der Waals surface area contributed by atoms with E-state index >= 15 is 0 Å². The van der Waals surface area contributed by atoms with Crippen molar-refractivity contribution in [1.82, 2.24) is 4.90 Å². The molecule has 1 fully saturated rings. The Morgan fingerprint density at radius 2 is 1.83 bits per heavy atom. The normalized spacial score (nSPS) is 17.2. The van der Waals surface area contributed by atoms with E-state index in [0.717, 1.165) is 25.8 Å². The van der Waals surface area contributed by atoms with Gasteiger partial charge >= 0.3 is 5.97 Å². The number of unbranched alkanes of at least 4 members (excludes halogenated alkanes) is 1. The Balaban J connectivity index is 0. The van der Waals surface area contributed by atoms with Crippen LogP contribution >= 0.6 is 24.8 Å². The predicted molar refractivity (Wildman–Crippen MR) is 78.6 cm³/mol. The number of hydrogen-bond acceptors (Lipinski definition) is 4. The Kier molecular flexibility index (Phi) is 13.6. The van der Waals surface area contributed by atoms with Crippen LogP contribution in [0, 0.1) is 0 Å². The van der Waals surface area contributed by atoms with Gasteiger partial charge in [-0.2, -0.15) is 0 Å². The van der Waals surface area contributed by atoms with Crippen LogP contribution in [0.3, 0.4) is 0 Å². The summed E-state index contributed by atoms with van der Waals surface area (Å²) in [7, 11) is 1.38. The first-order valence-electron chi connectivity index (χ1n) is 6.30. The lowest BCUT2D eigenvalue weighted by molar-refractivity contribution is -0.142. The van der Waals surface area contributed by atoms with Crippen molar-refractivity contribution >= 4 is 30.8 Å². The van der Waals surface area contributed by atoms with Gasteiger partial charge in [-0.3, -0.25) is 4.79 Å². The fraction of sp³-hybridized carbons (Fsp3) is 0.917. The summed E-state index contributed by atoms with van der Waals surface area (Å²) in [5.74, 6) is -0.294. The largest absolute Gasteiger partial charge is 0.468 e. The molecular formula is C12H26Cl2N2O2. The van der Waals surface area contributed by atoms with Crippen molar-refractivity contribution in [2.75, 3.05) is 26.7 Å². The highest BCUT2D eigenvalue weighted by molar-refractivity contribution is 5.85. The van der Waals surface area contributed by atoms with E-state index in [1.165, 1.54) is 39.5 Å². The second kappa shape index (κ2) is 12.0. The SMILES string of the molecule is COC(=O)C(N)CCCCN1CCCCC1.Cl.Cl. The Hall–Kier alpha value is -0.0300. The smallest absolute Gasteiger partial charge is 0.322 e. The molecule has 0 aromatic carbocycles. The zero-order valence-electron chi connectivity index (χ0n) is 11.1. The molecule has 1 aliphatic heterocycles. The highest BCUT2D eigenvalue weighted by Crippen LogP contribution is 2.10. The second-order valence-corrected chi connectivity index (χ2v) is 4.53. The Bertz CT molecular complexity index is 212. The van der Waals surface area contributed by atoms with Crippen molar-refractivity contribution in [1.29, 1.82) is 0 Å². The lowest BCUT2D eigenvalue weighted by Crippen LogP contribution is -2.32. The summed E-state index contributed by atoms with van der Waals surface area (Å²) in [5, 5.41) is 0. The molecule has 6 heteroatoms. The number of ether oxygens (including phenoxy) is 1. The van der Waals surface area contributed by atoms with Crippen molar-refractivity contribution in [3.05, 3.63) is 0 Å². The molecule has 4 nitrogen and oxygen atoms in total. The molecule has 0 aliphatic carbocycles. The van der Waals surface area contributed by atoms with Gasteiger partial charge in [0.05, 0.1) is 7.11 Å². The number of nitrogens with zero attached hydrogens (tertiary/aromatic N) is 1. The number of carbonyl (C=O) groups excluding carboxylic acids is 1. The lowest BCUT2D eigenvalue weighted by atomic mass is 10.1. The molecule has 110 valence electrons. The van der Waals surface area contributed by atoms with Crippen LogP contribution in [-0.4, -0.2) is 43.7 Å². The number of rotatable bonds is 6. The molecule has 1 unspecified atom stereocenters. The third-order valence-corrected chi connectivity index (χ3v) is 3.19. The van der Waals surface area contributed by atoms with Gasteiger partial charge in [0.15, 0.2) is 0 Å². The maximum absolute atomic E-state index is 11.1. The average molecular weight is 301 g/mol. The molecule has 1 rings (SSSR count). The van der Waals surface area contributed by atoms with Gasteiger partial charge in [0.1, 0.15) is 6.04 Å². The first-order chi connectivity index (χ1) is 7.74. The Morgan fingerprint density at radius 1 is 1.22 bits per heavy atom. The van der Waals surface area contributed by atoms with Gasteiger partial charge in [0.25, 0.3) is 0 Å². The summed E-state index contributed by atoms with van der Waals surface area (Å²) in [5.41, 5.74) is 5.66. The van der Waals surface area contributed by atoms with Crippen LogP contribution in [0.5, 0.6) is 0 Å². The van der Waals surface area contributed by atoms with Gasteiger partial charge < -0.3 is 15.4 Å². The zero-order chi connectivity index (χ0) is 11.8. The summed E-state index contributed by atoms with van der Waals surface area (Å²) >= 11 is 0. The number of hydrogen-bond donors (Lipinski definition) is 1. The molecule has 18 heavy (non-hydrogen) atoms. The summed E-state index contributed by atoms with van der Waals surface area (Å²) in [6, 6.07) is -0.439. The monoisotopic (exact) mass is 300 g/mol. The summed E-state index contributed by atoms with van der Waals surface area (Å²) in [6.07, 6.45) is 6.92. The number of nitrogens with two attached hydrogens (primary N) is 1. The van der Waals surface area contributed by atoms with Gasteiger partial charge in [-0.15, -0.1) is 24.8 Å². The number of methoxy groups -OCH3 is 1. The van der Waals surface area contributed by atoms with Crippen LogP contribution in [0.2, 0.25) is 0 Å². The minimum absolute atomic E-state index is 0. The van der Waals surface area contributed by atoms with Crippen molar-refractivity contribution in [3.63, 3.8) is 0 Å². The molecule has 1 heterocycles. The number of halogens is 2. The van der Waals surface area contributed by atoms with Crippen LogP contribution in [0.4, 0.5) is 0 Å². The highest BCUT2D eigenvalue weighted by Gasteiger charge is 2.13. The number of carbonyl (C=O) groups is 1. The quantitative estimate of drug-likeness (QED) is 0.602. The third-order valence-electron chi connectivity index (χ3n) is 3.19. The van der Waals surface area contributed by atoms with E-state index in [1.54, 1.807) is 0 Å². The molecule has 0 amide bonds. The molecule has 1 aliphatic rings. The summed E-state index contributed by atoms with van der Waals surface area (Å²) in [6.45, 7) is 3.63. The Labute approximate surface area is 122 Å². The Morgan fingerprint density at radius 3 is 2.39 bits per heavy atom. The number of piperidine rings is 1. The molecule has 0 spiro atoms. The summed E-state index contributed by atoms with van der Waals surface area (Å²) < 4.78 is 4.58. The first-order valence-corrected chi connectivity index (χ1v) is 6.30. The molecule has 1 saturated heterocycles. The second-order valence-electron chi connectivity index (χ2n) is 4.53. The van der Waals surface area contributed by atoms with Crippen molar-refractivity contribution in [2.45, 2.75) is 44.6 Å². The number of esters is 1. The third kappa shape index (κ3) is 8.14. The minimum Gasteiger partial charge on any atom is -0.468 e. The van der Waals surface area contributed by atoms with E-state index in [4.69, 9.17) is 5.73 Å². The maximum atomic E-state index is 11.1. The van der Waals surface area contributed by atoms with Crippen molar-refractivity contribution < 1.29 is 9.53 Å². The van der Waals surface area contributed by atoms with E-state index in [2.05, 4.69) is 9.64 Å². The van der Waals surface area contributed by atoms with Crippen LogP contribution in [0.1, 0.15) is 38.5 Å². The average Bonchev–Trinajstić information content (AvgIpc) is 2.34. The first kappa shape index (κ1) is 20.3. The fourth-order valence-electron chi connectivity index (χ4n) is 2.15. The lowest BCUT2D eigenvalue weighted by Gasteiger charge is -2.26. The molecule has 0 aromatic rings. The van der Waals surface area contributed by atoms with E-state index in [1.807, 2.05) is 0 Å². The van der Waals surface area contributed by atoms with Gasteiger partial charge in [-0.05, 0) is 45.3 Å².